The van der Waals surface area contributed by atoms with Crippen molar-refractivity contribution in [1.29, 1.82) is 0 Å². The second kappa shape index (κ2) is 7.58. The third-order valence-corrected chi connectivity index (χ3v) is 3.45. The van der Waals surface area contributed by atoms with Crippen LogP contribution in [-0.4, -0.2) is 32.7 Å². The van der Waals surface area contributed by atoms with Gasteiger partial charge in [-0.2, -0.15) is 0 Å². The molecule has 2 rings (SSSR count). The van der Waals surface area contributed by atoms with Gasteiger partial charge in [0, 0.05) is 19.6 Å². The van der Waals surface area contributed by atoms with E-state index >= 15 is 0 Å². The molecule has 0 amide bonds. The summed E-state index contributed by atoms with van der Waals surface area (Å²) in [5, 5.41) is 6.78. The van der Waals surface area contributed by atoms with Crippen molar-refractivity contribution in [2.75, 3.05) is 20.7 Å². The Morgan fingerprint density at radius 1 is 1.30 bits per heavy atom. The van der Waals surface area contributed by atoms with E-state index in [-0.39, 0.29) is 0 Å². The van der Waals surface area contributed by atoms with E-state index in [4.69, 9.17) is 4.74 Å². The first-order valence-corrected chi connectivity index (χ1v) is 7.07. The molecule has 0 atom stereocenters. The Balaban J connectivity index is 1.78. The molecule has 0 unspecified atom stereocenters. The zero-order valence-electron chi connectivity index (χ0n) is 12.2. The molecule has 1 aromatic rings. The molecule has 0 aliphatic heterocycles. The van der Waals surface area contributed by atoms with Crippen LogP contribution in [0.25, 0.3) is 0 Å². The number of ether oxygens (including phenoxy) is 1. The molecule has 0 aromatic heterocycles. The van der Waals surface area contributed by atoms with Crippen molar-refractivity contribution in [3.05, 3.63) is 42.0 Å². The number of methoxy groups -OCH3 is 1. The van der Waals surface area contributed by atoms with Gasteiger partial charge in [0.15, 0.2) is 5.96 Å². The summed E-state index contributed by atoms with van der Waals surface area (Å²) in [7, 11) is 3.51. The standard InChI is InChI=1S/C16H23N3O/c1-17-16(19-14-8-4-5-9-14)18-12-11-13-7-3-6-10-15(13)20-2/h3-7,10,14H,8-9,11-12H2,1-2H3,(H2,17,18,19). The SMILES string of the molecule is CN=C(NCCc1ccccc1OC)NC1CC=CC1. The van der Waals surface area contributed by atoms with Crippen LogP contribution >= 0.6 is 0 Å². The van der Waals surface area contributed by atoms with Crippen LogP contribution in [0, 0.1) is 0 Å². The quantitative estimate of drug-likeness (QED) is 0.491. The zero-order chi connectivity index (χ0) is 14.2. The number of aliphatic imine (C=N–C) groups is 1. The minimum Gasteiger partial charge on any atom is -0.496 e. The van der Waals surface area contributed by atoms with Crippen LogP contribution in [0.1, 0.15) is 18.4 Å². The highest BCUT2D eigenvalue weighted by molar-refractivity contribution is 5.80. The van der Waals surface area contributed by atoms with Gasteiger partial charge in [0.1, 0.15) is 5.75 Å². The summed E-state index contributed by atoms with van der Waals surface area (Å²) in [6.45, 7) is 0.834. The average molecular weight is 273 g/mol. The summed E-state index contributed by atoms with van der Waals surface area (Å²) in [6, 6.07) is 8.59. The van der Waals surface area contributed by atoms with E-state index in [1.165, 1.54) is 5.56 Å². The normalized spacial score (nSPS) is 15.4. The molecule has 0 saturated heterocycles. The summed E-state index contributed by atoms with van der Waals surface area (Å²) in [4.78, 5) is 4.26. The van der Waals surface area contributed by atoms with Crippen molar-refractivity contribution in [3.63, 3.8) is 0 Å². The van der Waals surface area contributed by atoms with Crippen molar-refractivity contribution in [1.82, 2.24) is 10.6 Å². The second-order valence-electron chi connectivity index (χ2n) is 4.84. The fourth-order valence-electron chi connectivity index (χ4n) is 2.35. The minimum absolute atomic E-state index is 0.479. The van der Waals surface area contributed by atoms with Crippen molar-refractivity contribution < 1.29 is 4.74 Å². The predicted molar refractivity (Wildman–Crippen MR) is 83.4 cm³/mol. The van der Waals surface area contributed by atoms with E-state index in [2.05, 4.69) is 33.8 Å². The van der Waals surface area contributed by atoms with Crippen LogP contribution in [0.5, 0.6) is 5.75 Å². The van der Waals surface area contributed by atoms with Crippen LogP contribution in [0.3, 0.4) is 0 Å². The van der Waals surface area contributed by atoms with Gasteiger partial charge in [-0.05, 0) is 30.9 Å². The van der Waals surface area contributed by atoms with E-state index in [1.54, 1.807) is 14.2 Å². The molecule has 20 heavy (non-hydrogen) atoms. The second-order valence-corrected chi connectivity index (χ2v) is 4.84. The Labute approximate surface area is 120 Å². The Kier molecular flexibility index (Phi) is 5.47. The lowest BCUT2D eigenvalue weighted by molar-refractivity contribution is 0.409. The Bertz CT molecular complexity index is 474. The third kappa shape index (κ3) is 4.02. The molecule has 2 N–H and O–H groups in total. The minimum atomic E-state index is 0.479. The van der Waals surface area contributed by atoms with E-state index < -0.39 is 0 Å². The lowest BCUT2D eigenvalue weighted by atomic mass is 10.1. The molecule has 1 aliphatic rings. The van der Waals surface area contributed by atoms with Gasteiger partial charge in [-0.15, -0.1) is 0 Å². The number of guanidine groups is 1. The fourth-order valence-corrected chi connectivity index (χ4v) is 2.35. The van der Waals surface area contributed by atoms with Gasteiger partial charge in [-0.25, -0.2) is 0 Å². The molecular weight excluding hydrogens is 250 g/mol. The molecule has 0 saturated carbocycles. The van der Waals surface area contributed by atoms with Crippen molar-refractivity contribution in [2.24, 2.45) is 4.99 Å². The molecule has 1 aliphatic carbocycles. The summed E-state index contributed by atoms with van der Waals surface area (Å²) in [5.74, 6) is 1.81. The number of para-hydroxylation sites is 1. The Morgan fingerprint density at radius 2 is 2.05 bits per heavy atom. The zero-order valence-corrected chi connectivity index (χ0v) is 12.2. The molecule has 0 radical (unpaired) electrons. The number of hydrogen-bond acceptors (Lipinski definition) is 2. The summed E-state index contributed by atoms with van der Waals surface area (Å²) < 4.78 is 5.35. The maximum Gasteiger partial charge on any atom is 0.191 e. The first-order chi connectivity index (χ1) is 9.83. The van der Waals surface area contributed by atoms with E-state index in [0.29, 0.717) is 6.04 Å². The van der Waals surface area contributed by atoms with Gasteiger partial charge in [0.25, 0.3) is 0 Å². The number of hydrogen-bond donors (Lipinski definition) is 2. The van der Waals surface area contributed by atoms with Crippen LogP contribution < -0.4 is 15.4 Å². The van der Waals surface area contributed by atoms with Crippen LogP contribution in [0.15, 0.2) is 41.4 Å². The van der Waals surface area contributed by atoms with Crippen LogP contribution in [0.4, 0.5) is 0 Å². The van der Waals surface area contributed by atoms with Gasteiger partial charge in [0.2, 0.25) is 0 Å². The highest BCUT2D eigenvalue weighted by Gasteiger charge is 2.11. The Hall–Kier alpha value is -1.97. The Morgan fingerprint density at radius 3 is 2.75 bits per heavy atom. The molecule has 0 spiro atoms. The maximum absolute atomic E-state index is 5.35. The molecule has 108 valence electrons. The third-order valence-electron chi connectivity index (χ3n) is 3.45. The van der Waals surface area contributed by atoms with Gasteiger partial charge < -0.3 is 15.4 Å². The fraction of sp³-hybridized carbons (Fsp3) is 0.438. The number of rotatable bonds is 5. The van der Waals surface area contributed by atoms with Gasteiger partial charge in [-0.3, -0.25) is 4.99 Å². The molecule has 0 heterocycles. The number of nitrogens with one attached hydrogen (secondary N) is 2. The highest BCUT2D eigenvalue weighted by Crippen LogP contribution is 2.17. The summed E-state index contributed by atoms with van der Waals surface area (Å²) >= 11 is 0. The van der Waals surface area contributed by atoms with E-state index in [9.17, 15) is 0 Å². The van der Waals surface area contributed by atoms with Crippen molar-refractivity contribution >= 4 is 5.96 Å². The van der Waals surface area contributed by atoms with Gasteiger partial charge in [-0.1, -0.05) is 30.4 Å². The molecule has 4 nitrogen and oxygen atoms in total. The van der Waals surface area contributed by atoms with Crippen molar-refractivity contribution in [3.8, 4) is 5.75 Å². The van der Waals surface area contributed by atoms with Crippen molar-refractivity contribution in [2.45, 2.75) is 25.3 Å². The smallest absolute Gasteiger partial charge is 0.191 e. The first-order valence-electron chi connectivity index (χ1n) is 7.07. The summed E-state index contributed by atoms with van der Waals surface area (Å²) in [5.41, 5.74) is 1.21. The monoisotopic (exact) mass is 273 g/mol. The van der Waals surface area contributed by atoms with E-state index in [1.807, 2.05) is 18.2 Å². The summed E-state index contributed by atoms with van der Waals surface area (Å²) in [6.07, 6.45) is 7.48. The first kappa shape index (κ1) is 14.4. The molecule has 0 fully saturated rings. The lowest BCUT2D eigenvalue weighted by Gasteiger charge is -2.17. The van der Waals surface area contributed by atoms with E-state index in [0.717, 1.165) is 37.5 Å². The number of benzene rings is 1. The highest BCUT2D eigenvalue weighted by atomic mass is 16.5. The van der Waals surface area contributed by atoms with Gasteiger partial charge >= 0.3 is 0 Å². The average Bonchev–Trinajstić information content (AvgIpc) is 2.99. The lowest BCUT2D eigenvalue weighted by Crippen LogP contribution is -2.43. The molecule has 4 heteroatoms. The number of nitrogens with zero attached hydrogens (tertiary/aromatic N) is 1. The molecule has 0 bridgehead atoms. The largest absolute Gasteiger partial charge is 0.496 e. The molecular formula is C16H23N3O. The predicted octanol–water partition coefficient (Wildman–Crippen LogP) is 2.12. The maximum atomic E-state index is 5.35. The topological polar surface area (TPSA) is 45.7 Å². The van der Waals surface area contributed by atoms with Crippen LogP contribution in [-0.2, 0) is 6.42 Å². The van der Waals surface area contributed by atoms with Crippen LogP contribution in [0.2, 0.25) is 0 Å². The van der Waals surface area contributed by atoms with Gasteiger partial charge in [0.05, 0.1) is 7.11 Å². The molecule has 1 aromatic carbocycles.